The van der Waals surface area contributed by atoms with E-state index in [0.29, 0.717) is 0 Å². The lowest BCUT2D eigenvalue weighted by Gasteiger charge is -2.15. The van der Waals surface area contributed by atoms with Crippen LogP contribution in [0.15, 0.2) is 18.2 Å². The van der Waals surface area contributed by atoms with Crippen LogP contribution in [0, 0.1) is 0 Å². The Bertz CT molecular complexity index is 613. The first-order valence-corrected chi connectivity index (χ1v) is 9.18. The number of unbranched alkanes of at least 4 members (excludes halogenated alkanes) is 2. The number of pyridine rings is 1. The number of hydrogen-bond acceptors (Lipinski definition) is 1. The van der Waals surface area contributed by atoms with Crippen LogP contribution in [0.2, 0.25) is 0 Å². The molecule has 0 bridgehead atoms. The maximum Gasteiger partial charge on any atom is 0.0485 e. The van der Waals surface area contributed by atoms with Crippen molar-refractivity contribution < 1.29 is 0 Å². The van der Waals surface area contributed by atoms with Crippen LogP contribution < -0.4 is 0 Å². The summed E-state index contributed by atoms with van der Waals surface area (Å²) in [4.78, 5) is 5.01. The standard InChI is InChI=1S/C21H31N/c1-5-9-11-17-15-20-18(8-4)16(7-3)13-14-19(20)21(22-17)12-10-6-2/h13-15H,5-12H2,1-4H3. The Morgan fingerprint density at radius 1 is 0.818 bits per heavy atom. The highest BCUT2D eigenvalue weighted by atomic mass is 14.7. The molecule has 0 aliphatic rings. The van der Waals surface area contributed by atoms with Crippen molar-refractivity contribution in [3.63, 3.8) is 0 Å². The minimum Gasteiger partial charge on any atom is -0.257 e. The monoisotopic (exact) mass is 297 g/mol. The molecule has 0 aliphatic heterocycles. The molecule has 0 spiro atoms. The first-order chi connectivity index (χ1) is 10.7. The summed E-state index contributed by atoms with van der Waals surface area (Å²) in [5, 5.41) is 2.86. The number of nitrogens with zero attached hydrogens (tertiary/aromatic N) is 1. The van der Waals surface area contributed by atoms with E-state index in [0.717, 1.165) is 25.7 Å². The number of aryl methyl sites for hydroxylation is 4. The zero-order valence-electron chi connectivity index (χ0n) is 14.8. The molecule has 1 aromatic heterocycles. The van der Waals surface area contributed by atoms with E-state index in [-0.39, 0.29) is 0 Å². The van der Waals surface area contributed by atoms with Crippen LogP contribution in [0.3, 0.4) is 0 Å². The van der Waals surface area contributed by atoms with Gasteiger partial charge in [-0.05, 0) is 61.1 Å². The molecule has 22 heavy (non-hydrogen) atoms. The van der Waals surface area contributed by atoms with Gasteiger partial charge in [0.2, 0.25) is 0 Å². The molecule has 1 heterocycles. The summed E-state index contributed by atoms with van der Waals surface area (Å²) in [6.45, 7) is 9.06. The van der Waals surface area contributed by atoms with Crippen molar-refractivity contribution in [1.29, 1.82) is 0 Å². The second-order valence-corrected chi connectivity index (χ2v) is 6.27. The lowest BCUT2D eigenvalue weighted by Crippen LogP contribution is -2.02. The Hall–Kier alpha value is -1.37. The highest BCUT2D eigenvalue weighted by Gasteiger charge is 2.11. The lowest BCUT2D eigenvalue weighted by atomic mass is 9.93. The molecule has 0 radical (unpaired) electrons. The second-order valence-electron chi connectivity index (χ2n) is 6.27. The molecule has 1 aromatic carbocycles. The van der Waals surface area contributed by atoms with Crippen molar-refractivity contribution in [3.05, 3.63) is 40.7 Å². The highest BCUT2D eigenvalue weighted by molar-refractivity contribution is 5.89. The van der Waals surface area contributed by atoms with E-state index in [9.17, 15) is 0 Å². The lowest BCUT2D eigenvalue weighted by molar-refractivity contribution is 0.751. The van der Waals surface area contributed by atoms with Crippen LogP contribution in [0.1, 0.15) is 75.9 Å². The molecule has 2 rings (SSSR count). The van der Waals surface area contributed by atoms with Crippen LogP contribution >= 0.6 is 0 Å². The Balaban J connectivity index is 2.59. The van der Waals surface area contributed by atoms with Gasteiger partial charge in [0.25, 0.3) is 0 Å². The van der Waals surface area contributed by atoms with E-state index in [4.69, 9.17) is 4.98 Å². The number of benzene rings is 1. The molecule has 1 nitrogen and oxygen atoms in total. The first-order valence-electron chi connectivity index (χ1n) is 9.18. The first kappa shape index (κ1) is 17.0. The van der Waals surface area contributed by atoms with Gasteiger partial charge in [0.1, 0.15) is 0 Å². The van der Waals surface area contributed by atoms with Gasteiger partial charge in [0, 0.05) is 16.8 Å². The number of rotatable bonds is 8. The summed E-state index contributed by atoms with van der Waals surface area (Å²) < 4.78 is 0. The second kappa shape index (κ2) is 8.31. The fourth-order valence-corrected chi connectivity index (χ4v) is 3.33. The van der Waals surface area contributed by atoms with E-state index >= 15 is 0 Å². The van der Waals surface area contributed by atoms with Crippen LogP contribution in [0.4, 0.5) is 0 Å². The molecular formula is C21H31N. The number of aromatic nitrogens is 1. The average molecular weight is 297 g/mol. The van der Waals surface area contributed by atoms with Crippen LogP contribution in [-0.4, -0.2) is 4.98 Å². The molecule has 1 heteroatoms. The average Bonchev–Trinajstić information content (AvgIpc) is 2.56. The summed E-state index contributed by atoms with van der Waals surface area (Å²) in [7, 11) is 0. The van der Waals surface area contributed by atoms with Crippen LogP contribution in [0.5, 0.6) is 0 Å². The van der Waals surface area contributed by atoms with Crippen molar-refractivity contribution >= 4 is 10.8 Å². The zero-order valence-corrected chi connectivity index (χ0v) is 14.8. The predicted octanol–water partition coefficient (Wildman–Crippen LogP) is 6.04. The summed E-state index contributed by atoms with van der Waals surface area (Å²) in [5.74, 6) is 0. The SMILES string of the molecule is CCCCc1cc2c(CC)c(CC)ccc2c(CCCC)n1. The largest absolute Gasteiger partial charge is 0.257 e. The molecule has 2 aromatic rings. The fourth-order valence-electron chi connectivity index (χ4n) is 3.33. The molecule has 0 saturated carbocycles. The molecule has 0 amide bonds. The number of fused-ring (bicyclic) bond motifs is 1. The zero-order chi connectivity index (χ0) is 15.9. The third kappa shape index (κ3) is 3.69. The minimum absolute atomic E-state index is 1.11. The Kier molecular flexibility index (Phi) is 6.42. The summed E-state index contributed by atoms with van der Waals surface area (Å²) >= 11 is 0. The molecule has 0 saturated heterocycles. The van der Waals surface area contributed by atoms with E-state index in [1.165, 1.54) is 59.0 Å². The van der Waals surface area contributed by atoms with Gasteiger partial charge in [-0.25, -0.2) is 0 Å². The van der Waals surface area contributed by atoms with Gasteiger partial charge in [0.15, 0.2) is 0 Å². The summed E-state index contributed by atoms with van der Waals surface area (Å²) in [5.41, 5.74) is 5.66. The van der Waals surface area contributed by atoms with Crippen molar-refractivity contribution in [3.8, 4) is 0 Å². The molecule has 0 aliphatic carbocycles. The van der Waals surface area contributed by atoms with Crippen LogP contribution in [-0.2, 0) is 25.7 Å². The van der Waals surface area contributed by atoms with Gasteiger partial charge in [-0.15, -0.1) is 0 Å². The van der Waals surface area contributed by atoms with Gasteiger partial charge in [-0.2, -0.15) is 0 Å². The fraction of sp³-hybridized carbons (Fsp3) is 0.571. The smallest absolute Gasteiger partial charge is 0.0485 e. The van der Waals surface area contributed by atoms with E-state index in [1.54, 1.807) is 0 Å². The van der Waals surface area contributed by atoms with Gasteiger partial charge < -0.3 is 0 Å². The maximum atomic E-state index is 5.01. The van der Waals surface area contributed by atoms with Crippen LogP contribution in [0.25, 0.3) is 10.8 Å². The summed E-state index contributed by atoms with van der Waals surface area (Å²) in [6, 6.07) is 7.01. The maximum absolute atomic E-state index is 5.01. The Morgan fingerprint density at radius 2 is 1.55 bits per heavy atom. The molecule has 0 fully saturated rings. The van der Waals surface area contributed by atoms with Crippen molar-refractivity contribution in [2.75, 3.05) is 0 Å². The van der Waals surface area contributed by atoms with E-state index < -0.39 is 0 Å². The Morgan fingerprint density at radius 3 is 2.18 bits per heavy atom. The van der Waals surface area contributed by atoms with Gasteiger partial charge in [-0.3, -0.25) is 4.98 Å². The van der Waals surface area contributed by atoms with Crippen molar-refractivity contribution in [2.45, 2.75) is 79.1 Å². The van der Waals surface area contributed by atoms with E-state index in [2.05, 4.69) is 45.9 Å². The molecule has 0 unspecified atom stereocenters. The number of hydrogen-bond donors (Lipinski definition) is 0. The molecule has 0 N–H and O–H groups in total. The summed E-state index contributed by atoms with van der Waals surface area (Å²) in [6.07, 6.45) is 9.40. The quantitative estimate of drug-likeness (QED) is 0.578. The van der Waals surface area contributed by atoms with Crippen molar-refractivity contribution in [2.24, 2.45) is 0 Å². The normalized spacial score (nSPS) is 11.3. The van der Waals surface area contributed by atoms with E-state index in [1.807, 2.05) is 0 Å². The van der Waals surface area contributed by atoms with Gasteiger partial charge in [-0.1, -0.05) is 52.7 Å². The third-order valence-electron chi connectivity index (χ3n) is 4.64. The topological polar surface area (TPSA) is 12.9 Å². The predicted molar refractivity (Wildman–Crippen MR) is 97.7 cm³/mol. The molecule has 120 valence electrons. The molecular weight excluding hydrogens is 266 g/mol. The van der Waals surface area contributed by atoms with Gasteiger partial charge in [0.05, 0.1) is 0 Å². The third-order valence-corrected chi connectivity index (χ3v) is 4.64. The Labute approximate surface area is 136 Å². The van der Waals surface area contributed by atoms with Gasteiger partial charge >= 0.3 is 0 Å². The highest BCUT2D eigenvalue weighted by Crippen LogP contribution is 2.28. The minimum atomic E-state index is 1.11. The molecule has 0 atom stereocenters. The van der Waals surface area contributed by atoms with Crippen molar-refractivity contribution in [1.82, 2.24) is 4.98 Å².